The van der Waals surface area contributed by atoms with Crippen molar-refractivity contribution in [1.29, 1.82) is 0 Å². The van der Waals surface area contributed by atoms with Crippen molar-refractivity contribution in [2.24, 2.45) is 0 Å². The minimum atomic E-state index is -0.457. The fraction of sp³-hybridized carbons (Fsp3) is 0.143. The second kappa shape index (κ2) is 9.10. The third kappa shape index (κ3) is 4.17. The minimum absolute atomic E-state index is 0.177. The van der Waals surface area contributed by atoms with Crippen LogP contribution in [-0.2, 0) is 13.1 Å². The molecule has 3 aromatic carbocycles. The SMILES string of the molecule is COc1cc(C(=O)N2Cc3cccn3Cc3ccccc32)ccc1NC(=O)c1cccc(F)c1C. The zero-order valence-electron chi connectivity index (χ0n) is 19.4. The number of hydrogen-bond acceptors (Lipinski definition) is 3. The molecule has 2 amide bonds. The smallest absolute Gasteiger partial charge is 0.258 e. The average molecular weight is 470 g/mol. The minimum Gasteiger partial charge on any atom is -0.495 e. The number of rotatable bonds is 4. The van der Waals surface area contributed by atoms with E-state index in [9.17, 15) is 14.0 Å². The van der Waals surface area contributed by atoms with E-state index < -0.39 is 11.7 Å². The molecule has 1 aliphatic heterocycles. The average Bonchev–Trinajstić information content (AvgIpc) is 3.24. The molecule has 2 heterocycles. The Morgan fingerprint density at radius 1 is 0.971 bits per heavy atom. The maximum absolute atomic E-state index is 13.9. The van der Waals surface area contributed by atoms with Crippen LogP contribution in [0.15, 0.2) is 79.0 Å². The Balaban J connectivity index is 1.45. The fourth-order valence-corrected chi connectivity index (χ4v) is 4.39. The van der Waals surface area contributed by atoms with Crippen molar-refractivity contribution in [3.63, 3.8) is 0 Å². The first-order valence-corrected chi connectivity index (χ1v) is 11.2. The van der Waals surface area contributed by atoms with Gasteiger partial charge in [-0.25, -0.2) is 4.39 Å². The summed E-state index contributed by atoms with van der Waals surface area (Å²) >= 11 is 0. The first kappa shape index (κ1) is 22.4. The van der Waals surface area contributed by atoms with Crippen molar-refractivity contribution in [1.82, 2.24) is 4.57 Å². The molecule has 6 nitrogen and oxygen atoms in total. The second-order valence-corrected chi connectivity index (χ2v) is 8.43. The van der Waals surface area contributed by atoms with Gasteiger partial charge in [-0.1, -0.05) is 24.3 Å². The molecule has 0 radical (unpaired) electrons. The number of methoxy groups -OCH3 is 1. The van der Waals surface area contributed by atoms with Gasteiger partial charge in [0.1, 0.15) is 11.6 Å². The molecule has 0 saturated carbocycles. The molecule has 1 aliphatic rings. The standard InChI is InChI=1S/C28H24FN3O3/c1-18-22(9-5-10-23(18)29)27(33)30-24-13-12-19(15-26(24)35-2)28(34)32-17-21-8-6-14-31(21)16-20-7-3-4-11-25(20)32/h3-15H,16-17H2,1-2H3,(H,30,33). The van der Waals surface area contributed by atoms with Crippen LogP contribution in [0.25, 0.3) is 0 Å². The van der Waals surface area contributed by atoms with Gasteiger partial charge < -0.3 is 19.5 Å². The van der Waals surface area contributed by atoms with Gasteiger partial charge in [0.15, 0.2) is 0 Å². The lowest BCUT2D eigenvalue weighted by Crippen LogP contribution is -2.30. The first-order chi connectivity index (χ1) is 17.0. The summed E-state index contributed by atoms with van der Waals surface area (Å²) in [7, 11) is 1.47. The number of aromatic nitrogens is 1. The monoisotopic (exact) mass is 469 g/mol. The molecule has 0 bridgehead atoms. The molecule has 0 unspecified atom stereocenters. The number of benzene rings is 3. The van der Waals surface area contributed by atoms with Crippen LogP contribution in [0, 0.1) is 12.7 Å². The largest absolute Gasteiger partial charge is 0.495 e. The lowest BCUT2D eigenvalue weighted by atomic mass is 10.1. The van der Waals surface area contributed by atoms with Gasteiger partial charge in [0.05, 0.1) is 19.3 Å². The Hall–Kier alpha value is -4.39. The highest BCUT2D eigenvalue weighted by Crippen LogP contribution is 2.32. The highest BCUT2D eigenvalue weighted by molar-refractivity contribution is 6.09. The van der Waals surface area contributed by atoms with Crippen LogP contribution in [0.4, 0.5) is 15.8 Å². The van der Waals surface area contributed by atoms with Gasteiger partial charge in [0, 0.05) is 35.2 Å². The van der Waals surface area contributed by atoms with Gasteiger partial charge in [-0.15, -0.1) is 0 Å². The molecular formula is C28H24FN3O3. The zero-order chi connectivity index (χ0) is 24.5. The number of carbonyl (C=O) groups excluding carboxylic acids is 2. The molecule has 0 atom stereocenters. The molecule has 0 saturated heterocycles. The molecule has 5 rings (SSSR count). The van der Waals surface area contributed by atoms with E-state index in [0.717, 1.165) is 16.9 Å². The number of para-hydroxylation sites is 1. The van der Waals surface area contributed by atoms with Crippen LogP contribution in [0.1, 0.15) is 37.5 Å². The van der Waals surface area contributed by atoms with Crippen LogP contribution >= 0.6 is 0 Å². The molecule has 0 fully saturated rings. The van der Waals surface area contributed by atoms with Crippen molar-refractivity contribution in [3.8, 4) is 5.75 Å². The van der Waals surface area contributed by atoms with E-state index in [1.54, 1.807) is 36.1 Å². The van der Waals surface area contributed by atoms with E-state index in [1.807, 2.05) is 42.6 Å². The summed E-state index contributed by atoms with van der Waals surface area (Å²) in [6.45, 7) is 2.68. The van der Waals surface area contributed by atoms with E-state index in [-0.39, 0.29) is 17.0 Å². The number of ether oxygens (including phenoxy) is 1. The quantitative estimate of drug-likeness (QED) is 0.435. The van der Waals surface area contributed by atoms with Crippen LogP contribution in [0.2, 0.25) is 0 Å². The number of nitrogens with zero attached hydrogens (tertiary/aromatic N) is 2. The predicted molar refractivity (Wildman–Crippen MR) is 133 cm³/mol. The molecular weight excluding hydrogens is 445 g/mol. The van der Waals surface area contributed by atoms with Gasteiger partial charge >= 0.3 is 0 Å². The topological polar surface area (TPSA) is 63.6 Å². The Bertz CT molecular complexity index is 1440. The molecule has 4 aromatic rings. The number of anilines is 2. The maximum atomic E-state index is 13.9. The Labute approximate surface area is 202 Å². The molecule has 0 aliphatic carbocycles. The Morgan fingerprint density at radius 3 is 2.63 bits per heavy atom. The molecule has 35 heavy (non-hydrogen) atoms. The van der Waals surface area contributed by atoms with Gasteiger partial charge in [-0.3, -0.25) is 9.59 Å². The molecule has 1 aromatic heterocycles. The van der Waals surface area contributed by atoms with E-state index in [4.69, 9.17) is 4.74 Å². The summed E-state index contributed by atoms with van der Waals surface area (Å²) < 4.78 is 21.5. The van der Waals surface area contributed by atoms with Crippen molar-refractivity contribution in [2.45, 2.75) is 20.0 Å². The third-order valence-corrected chi connectivity index (χ3v) is 6.32. The number of halogens is 1. The summed E-state index contributed by atoms with van der Waals surface area (Å²) in [4.78, 5) is 28.2. The van der Waals surface area contributed by atoms with Crippen LogP contribution in [-0.4, -0.2) is 23.5 Å². The number of fused-ring (bicyclic) bond motifs is 2. The van der Waals surface area contributed by atoms with Crippen molar-refractivity contribution in [2.75, 3.05) is 17.3 Å². The summed E-state index contributed by atoms with van der Waals surface area (Å²) in [6.07, 6.45) is 2.01. The number of nitrogens with one attached hydrogen (secondary N) is 1. The van der Waals surface area contributed by atoms with E-state index in [1.165, 1.54) is 19.2 Å². The maximum Gasteiger partial charge on any atom is 0.258 e. The summed E-state index contributed by atoms with van der Waals surface area (Å²) in [6, 6.07) is 21.1. The number of amides is 2. The number of carbonyl (C=O) groups is 2. The predicted octanol–water partition coefficient (Wildman–Crippen LogP) is 5.41. The summed E-state index contributed by atoms with van der Waals surface area (Å²) in [5.74, 6) is -0.745. The van der Waals surface area contributed by atoms with Crippen LogP contribution < -0.4 is 15.0 Å². The Kier molecular flexibility index (Phi) is 5.82. The number of hydrogen-bond donors (Lipinski definition) is 1. The lowest BCUT2D eigenvalue weighted by molar-refractivity contribution is 0.0983. The molecule has 176 valence electrons. The summed E-state index contributed by atoms with van der Waals surface area (Å²) in [5.41, 5.74) is 4.27. The van der Waals surface area contributed by atoms with Crippen LogP contribution in [0.3, 0.4) is 0 Å². The van der Waals surface area contributed by atoms with Crippen molar-refractivity contribution < 1.29 is 18.7 Å². The molecule has 1 N–H and O–H groups in total. The van der Waals surface area contributed by atoms with Gasteiger partial charge in [0.25, 0.3) is 11.8 Å². The van der Waals surface area contributed by atoms with Crippen molar-refractivity contribution >= 4 is 23.2 Å². The molecule has 7 heteroatoms. The highest BCUT2D eigenvalue weighted by atomic mass is 19.1. The van der Waals surface area contributed by atoms with E-state index in [0.29, 0.717) is 30.1 Å². The first-order valence-electron chi connectivity index (χ1n) is 11.2. The van der Waals surface area contributed by atoms with Crippen LogP contribution in [0.5, 0.6) is 5.75 Å². The Morgan fingerprint density at radius 2 is 1.80 bits per heavy atom. The third-order valence-electron chi connectivity index (χ3n) is 6.32. The van der Waals surface area contributed by atoms with Gasteiger partial charge in [-0.05, 0) is 66.6 Å². The van der Waals surface area contributed by atoms with E-state index >= 15 is 0 Å². The fourth-order valence-electron chi connectivity index (χ4n) is 4.39. The zero-order valence-corrected chi connectivity index (χ0v) is 19.4. The molecule has 0 spiro atoms. The lowest BCUT2D eigenvalue weighted by Gasteiger charge is -2.23. The van der Waals surface area contributed by atoms with Gasteiger partial charge in [0.2, 0.25) is 0 Å². The highest BCUT2D eigenvalue weighted by Gasteiger charge is 2.25. The second-order valence-electron chi connectivity index (χ2n) is 8.43. The van der Waals surface area contributed by atoms with Gasteiger partial charge in [-0.2, -0.15) is 0 Å². The summed E-state index contributed by atoms with van der Waals surface area (Å²) in [5, 5.41) is 2.77. The van der Waals surface area contributed by atoms with E-state index in [2.05, 4.69) is 9.88 Å². The van der Waals surface area contributed by atoms with Crippen molar-refractivity contribution in [3.05, 3.63) is 113 Å². The normalized spacial score (nSPS) is 12.4.